The summed E-state index contributed by atoms with van der Waals surface area (Å²) in [5.41, 5.74) is 8.86. The number of amidine groups is 1. The van der Waals surface area contributed by atoms with Crippen molar-refractivity contribution in [2.24, 2.45) is 10.9 Å². The molecule has 134 valence electrons. The van der Waals surface area contributed by atoms with Crippen molar-refractivity contribution in [2.45, 2.75) is 13.0 Å². The largest absolute Gasteiger partial charge is 0.409 e. The third-order valence-electron chi connectivity index (χ3n) is 3.77. The van der Waals surface area contributed by atoms with E-state index in [0.29, 0.717) is 13.2 Å². The molecule has 0 heterocycles. The standard InChI is InChI=1S/C19H25N3O3/c1-15-8-6-7-11-17(15)19(16-9-4-3-5-10-16)24-12-13-25-22(2)14-18(20)21-23/h3-11,19,23H,12-14H2,1-2H3,(H2,20,21). The van der Waals surface area contributed by atoms with Gasteiger partial charge in [-0.3, -0.25) is 4.84 Å². The quantitative estimate of drug-likeness (QED) is 0.241. The highest BCUT2D eigenvalue weighted by molar-refractivity contribution is 5.81. The molecule has 0 radical (unpaired) electrons. The van der Waals surface area contributed by atoms with Gasteiger partial charge in [-0.2, -0.15) is 5.06 Å². The van der Waals surface area contributed by atoms with Crippen molar-refractivity contribution < 1.29 is 14.8 Å². The summed E-state index contributed by atoms with van der Waals surface area (Å²) in [4.78, 5) is 5.50. The summed E-state index contributed by atoms with van der Waals surface area (Å²) in [6.45, 7) is 3.07. The summed E-state index contributed by atoms with van der Waals surface area (Å²) in [6, 6.07) is 18.3. The van der Waals surface area contributed by atoms with Gasteiger partial charge in [0.15, 0.2) is 5.84 Å². The number of likely N-dealkylation sites (N-methyl/N-ethyl adjacent to an activating group) is 1. The third-order valence-corrected chi connectivity index (χ3v) is 3.77. The molecule has 0 aliphatic rings. The van der Waals surface area contributed by atoms with E-state index in [0.717, 1.165) is 11.1 Å². The van der Waals surface area contributed by atoms with Crippen molar-refractivity contribution in [3.05, 3.63) is 71.3 Å². The number of nitrogens with zero attached hydrogens (tertiary/aromatic N) is 2. The van der Waals surface area contributed by atoms with Crippen LogP contribution in [0, 0.1) is 6.92 Å². The maximum absolute atomic E-state index is 8.56. The predicted octanol–water partition coefficient (Wildman–Crippen LogP) is 2.71. The molecule has 0 saturated heterocycles. The Hall–Kier alpha value is -2.41. The second-order valence-corrected chi connectivity index (χ2v) is 5.73. The maximum Gasteiger partial charge on any atom is 0.155 e. The predicted molar refractivity (Wildman–Crippen MR) is 97.4 cm³/mol. The van der Waals surface area contributed by atoms with E-state index < -0.39 is 0 Å². The summed E-state index contributed by atoms with van der Waals surface area (Å²) in [5, 5.41) is 13.0. The van der Waals surface area contributed by atoms with Gasteiger partial charge in [-0.25, -0.2) is 0 Å². The molecule has 0 spiro atoms. The fourth-order valence-corrected chi connectivity index (χ4v) is 2.54. The minimum atomic E-state index is -0.152. The number of rotatable bonds is 9. The van der Waals surface area contributed by atoms with Crippen LogP contribution in [0.1, 0.15) is 22.8 Å². The second kappa shape index (κ2) is 9.78. The molecule has 0 saturated carbocycles. The zero-order valence-corrected chi connectivity index (χ0v) is 14.6. The monoisotopic (exact) mass is 343 g/mol. The van der Waals surface area contributed by atoms with E-state index in [4.69, 9.17) is 20.5 Å². The first-order valence-electron chi connectivity index (χ1n) is 8.14. The minimum Gasteiger partial charge on any atom is -0.409 e. The molecule has 0 aliphatic heterocycles. The van der Waals surface area contributed by atoms with E-state index in [1.54, 1.807) is 7.05 Å². The second-order valence-electron chi connectivity index (χ2n) is 5.73. The molecule has 0 amide bonds. The number of aryl methyl sites for hydroxylation is 1. The van der Waals surface area contributed by atoms with Gasteiger partial charge in [-0.1, -0.05) is 59.8 Å². The van der Waals surface area contributed by atoms with Gasteiger partial charge >= 0.3 is 0 Å². The van der Waals surface area contributed by atoms with Crippen molar-refractivity contribution in [1.29, 1.82) is 0 Å². The summed E-state index contributed by atoms with van der Waals surface area (Å²) in [5.74, 6) is 0.0884. The Balaban J connectivity index is 1.98. The normalized spacial score (nSPS) is 13.2. The summed E-state index contributed by atoms with van der Waals surface area (Å²) < 4.78 is 6.11. The lowest BCUT2D eigenvalue weighted by molar-refractivity contribution is -0.145. The molecule has 1 unspecified atom stereocenters. The van der Waals surface area contributed by atoms with Crippen molar-refractivity contribution in [3.8, 4) is 0 Å². The van der Waals surface area contributed by atoms with Gasteiger partial charge in [-0.05, 0) is 23.6 Å². The van der Waals surface area contributed by atoms with E-state index >= 15 is 0 Å². The Morgan fingerprint density at radius 1 is 1.12 bits per heavy atom. The van der Waals surface area contributed by atoms with Crippen LogP contribution < -0.4 is 5.73 Å². The molecule has 0 aliphatic carbocycles. The number of ether oxygens (including phenoxy) is 1. The van der Waals surface area contributed by atoms with Crippen molar-refractivity contribution in [2.75, 3.05) is 26.8 Å². The molecule has 25 heavy (non-hydrogen) atoms. The minimum absolute atomic E-state index is 0.0884. The topological polar surface area (TPSA) is 80.3 Å². The first-order valence-corrected chi connectivity index (χ1v) is 8.14. The zero-order valence-electron chi connectivity index (χ0n) is 14.6. The smallest absolute Gasteiger partial charge is 0.155 e. The van der Waals surface area contributed by atoms with Gasteiger partial charge in [-0.15, -0.1) is 0 Å². The van der Waals surface area contributed by atoms with Crippen LogP contribution in [0.4, 0.5) is 0 Å². The highest BCUT2D eigenvalue weighted by Gasteiger charge is 2.16. The Bertz CT molecular complexity index is 677. The number of hydrogen-bond donors (Lipinski definition) is 2. The molecule has 0 fully saturated rings. The number of hydroxylamine groups is 2. The Morgan fingerprint density at radius 3 is 2.48 bits per heavy atom. The fraction of sp³-hybridized carbons (Fsp3) is 0.316. The van der Waals surface area contributed by atoms with Gasteiger partial charge in [0, 0.05) is 7.05 Å². The molecule has 6 heteroatoms. The number of hydrogen-bond acceptors (Lipinski definition) is 5. The SMILES string of the molecule is Cc1ccccc1C(OCCON(C)C/C(N)=N/O)c1ccccc1. The van der Waals surface area contributed by atoms with Crippen LogP contribution in [0.2, 0.25) is 0 Å². The molecule has 2 aromatic rings. The number of oxime groups is 1. The molecule has 6 nitrogen and oxygen atoms in total. The summed E-state index contributed by atoms with van der Waals surface area (Å²) >= 11 is 0. The van der Waals surface area contributed by atoms with Crippen LogP contribution in [0.15, 0.2) is 59.8 Å². The lowest BCUT2D eigenvalue weighted by Gasteiger charge is -2.22. The van der Waals surface area contributed by atoms with E-state index in [2.05, 4.69) is 36.3 Å². The van der Waals surface area contributed by atoms with Crippen molar-refractivity contribution in [3.63, 3.8) is 0 Å². The highest BCUT2D eigenvalue weighted by atomic mass is 16.7. The van der Waals surface area contributed by atoms with Gasteiger partial charge in [0.25, 0.3) is 0 Å². The molecule has 0 bridgehead atoms. The van der Waals surface area contributed by atoms with Gasteiger partial charge in [0.05, 0.1) is 19.8 Å². The molecular weight excluding hydrogens is 318 g/mol. The molecular formula is C19H25N3O3. The Morgan fingerprint density at radius 2 is 1.80 bits per heavy atom. The number of nitrogens with two attached hydrogens (primary N) is 1. The van der Waals surface area contributed by atoms with E-state index in [-0.39, 0.29) is 18.5 Å². The highest BCUT2D eigenvalue weighted by Crippen LogP contribution is 2.28. The Labute approximate surface area is 148 Å². The van der Waals surface area contributed by atoms with E-state index in [1.807, 2.05) is 30.3 Å². The molecule has 0 aromatic heterocycles. The van der Waals surface area contributed by atoms with Gasteiger partial charge in [0.1, 0.15) is 6.10 Å². The van der Waals surface area contributed by atoms with Crippen LogP contribution in [0.5, 0.6) is 0 Å². The van der Waals surface area contributed by atoms with Crippen LogP contribution in [-0.4, -0.2) is 42.9 Å². The lowest BCUT2D eigenvalue weighted by Crippen LogP contribution is -2.32. The molecule has 2 rings (SSSR count). The van der Waals surface area contributed by atoms with E-state index in [1.165, 1.54) is 10.6 Å². The van der Waals surface area contributed by atoms with Gasteiger partial charge in [0.2, 0.25) is 0 Å². The van der Waals surface area contributed by atoms with Crippen LogP contribution in [0.25, 0.3) is 0 Å². The third kappa shape index (κ3) is 5.86. The van der Waals surface area contributed by atoms with Gasteiger partial charge < -0.3 is 15.7 Å². The number of benzene rings is 2. The molecule has 2 aromatic carbocycles. The zero-order chi connectivity index (χ0) is 18.1. The summed E-state index contributed by atoms with van der Waals surface area (Å²) in [7, 11) is 1.72. The molecule has 3 N–H and O–H groups in total. The van der Waals surface area contributed by atoms with Crippen LogP contribution in [-0.2, 0) is 9.57 Å². The Kier molecular flexibility index (Phi) is 7.40. The van der Waals surface area contributed by atoms with Crippen LogP contribution >= 0.6 is 0 Å². The van der Waals surface area contributed by atoms with Crippen molar-refractivity contribution in [1.82, 2.24) is 5.06 Å². The average molecular weight is 343 g/mol. The maximum atomic E-state index is 8.56. The van der Waals surface area contributed by atoms with E-state index in [9.17, 15) is 0 Å². The molecule has 1 atom stereocenters. The lowest BCUT2D eigenvalue weighted by atomic mass is 9.97. The first-order chi connectivity index (χ1) is 12.1. The van der Waals surface area contributed by atoms with Crippen molar-refractivity contribution >= 4 is 5.84 Å². The fourth-order valence-electron chi connectivity index (χ4n) is 2.54. The van der Waals surface area contributed by atoms with Crippen LogP contribution in [0.3, 0.4) is 0 Å². The average Bonchev–Trinajstić information content (AvgIpc) is 2.63. The summed E-state index contributed by atoms with van der Waals surface area (Å²) in [6.07, 6.45) is -0.152. The first kappa shape index (κ1) is 18.9.